The number of rotatable bonds is 5. The van der Waals surface area contributed by atoms with Gasteiger partial charge in [-0.25, -0.2) is 0 Å². The molecule has 0 aliphatic heterocycles. The van der Waals surface area contributed by atoms with Crippen LogP contribution in [-0.2, 0) is 6.61 Å². The van der Waals surface area contributed by atoms with Gasteiger partial charge in [0, 0.05) is 21.2 Å². The molecule has 0 radical (unpaired) electrons. The number of oxime groups is 1. The number of ether oxygens (including phenoxy) is 2. The van der Waals surface area contributed by atoms with E-state index in [1.807, 2.05) is 0 Å². The van der Waals surface area contributed by atoms with Crippen LogP contribution in [0.15, 0.2) is 41.6 Å². The Labute approximate surface area is 132 Å². The predicted octanol–water partition coefficient (Wildman–Crippen LogP) is 4.39. The third-order valence-corrected chi connectivity index (χ3v) is 3.54. The van der Waals surface area contributed by atoms with E-state index >= 15 is 0 Å². The molecular weight excluding hydrogens is 313 g/mol. The van der Waals surface area contributed by atoms with E-state index < -0.39 is 0 Å². The molecule has 21 heavy (non-hydrogen) atoms. The van der Waals surface area contributed by atoms with Crippen LogP contribution in [-0.4, -0.2) is 18.5 Å². The quantitative estimate of drug-likeness (QED) is 0.504. The molecule has 2 rings (SSSR count). The van der Waals surface area contributed by atoms with E-state index in [0.29, 0.717) is 32.7 Å². The predicted molar refractivity (Wildman–Crippen MR) is 83.2 cm³/mol. The summed E-state index contributed by atoms with van der Waals surface area (Å²) in [5.74, 6) is 1.07. The molecule has 110 valence electrons. The third-order valence-electron chi connectivity index (χ3n) is 2.83. The molecule has 0 unspecified atom stereocenters. The highest BCUT2D eigenvalue weighted by Gasteiger charge is 2.09. The highest BCUT2D eigenvalue weighted by Crippen LogP contribution is 2.31. The lowest BCUT2D eigenvalue weighted by Crippen LogP contribution is -2.00. The Hall–Kier alpha value is -1.91. The summed E-state index contributed by atoms with van der Waals surface area (Å²) in [4.78, 5) is 0. The molecule has 2 aromatic rings. The Balaban J connectivity index is 2.20. The van der Waals surface area contributed by atoms with Crippen LogP contribution >= 0.6 is 23.2 Å². The molecule has 0 spiro atoms. The van der Waals surface area contributed by atoms with Gasteiger partial charge in [0.15, 0.2) is 11.5 Å². The molecule has 0 heterocycles. The van der Waals surface area contributed by atoms with Crippen LogP contribution in [0.1, 0.15) is 11.1 Å². The first-order chi connectivity index (χ1) is 10.2. The molecule has 0 fully saturated rings. The van der Waals surface area contributed by atoms with E-state index in [9.17, 15) is 0 Å². The Bertz CT molecular complexity index is 639. The fraction of sp³-hybridized carbons (Fsp3) is 0.133. The monoisotopic (exact) mass is 325 g/mol. The van der Waals surface area contributed by atoms with Gasteiger partial charge in [0.25, 0.3) is 0 Å². The summed E-state index contributed by atoms with van der Waals surface area (Å²) in [6.45, 7) is 0.225. The molecule has 0 aromatic heterocycles. The summed E-state index contributed by atoms with van der Waals surface area (Å²) in [6.07, 6.45) is 1.30. The minimum Gasteiger partial charge on any atom is -0.493 e. The first-order valence-electron chi connectivity index (χ1n) is 6.07. The van der Waals surface area contributed by atoms with Gasteiger partial charge in [0.05, 0.1) is 13.3 Å². The van der Waals surface area contributed by atoms with Crippen LogP contribution in [0.5, 0.6) is 11.5 Å². The van der Waals surface area contributed by atoms with E-state index in [2.05, 4.69) is 5.16 Å². The zero-order chi connectivity index (χ0) is 15.2. The molecule has 4 nitrogen and oxygen atoms in total. The summed E-state index contributed by atoms with van der Waals surface area (Å²) in [6, 6.07) is 10.4. The lowest BCUT2D eigenvalue weighted by atomic mass is 10.2. The van der Waals surface area contributed by atoms with Crippen molar-refractivity contribution in [2.75, 3.05) is 7.11 Å². The van der Waals surface area contributed by atoms with Gasteiger partial charge in [-0.2, -0.15) is 0 Å². The van der Waals surface area contributed by atoms with Crippen molar-refractivity contribution >= 4 is 29.4 Å². The molecule has 6 heteroatoms. The summed E-state index contributed by atoms with van der Waals surface area (Å²) in [5, 5.41) is 12.6. The SMILES string of the molecule is COc1cc(/C=N\O)ccc1OCc1c(Cl)cccc1Cl. The van der Waals surface area contributed by atoms with Gasteiger partial charge in [-0.15, -0.1) is 0 Å². The van der Waals surface area contributed by atoms with E-state index in [0.717, 1.165) is 0 Å². The van der Waals surface area contributed by atoms with Gasteiger partial charge in [-0.3, -0.25) is 0 Å². The zero-order valence-electron chi connectivity index (χ0n) is 11.2. The minimum absolute atomic E-state index is 0.225. The standard InChI is InChI=1S/C15H13Cl2NO3/c1-20-15-7-10(8-18-19)5-6-14(15)21-9-11-12(16)3-2-4-13(11)17/h2-8,19H,9H2,1H3/b18-8-. The Morgan fingerprint density at radius 3 is 2.48 bits per heavy atom. The normalized spacial score (nSPS) is 10.8. The maximum atomic E-state index is 8.53. The van der Waals surface area contributed by atoms with Crippen LogP contribution < -0.4 is 9.47 Å². The largest absolute Gasteiger partial charge is 0.493 e. The fourth-order valence-electron chi connectivity index (χ4n) is 1.77. The molecular formula is C15H13Cl2NO3. The van der Waals surface area contributed by atoms with Gasteiger partial charge in [-0.05, 0) is 30.3 Å². The Morgan fingerprint density at radius 2 is 1.86 bits per heavy atom. The first kappa shape index (κ1) is 15.5. The van der Waals surface area contributed by atoms with Crippen molar-refractivity contribution in [1.29, 1.82) is 0 Å². The number of halogens is 2. The smallest absolute Gasteiger partial charge is 0.161 e. The highest BCUT2D eigenvalue weighted by molar-refractivity contribution is 6.35. The first-order valence-corrected chi connectivity index (χ1v) is 6.82. The van der Waals surface area contributed by atoms with Crippen LogP contribution in [0, 0.1) is 0 Å². The van der Waals surface area contributed by atoms with Crippen molar-refractivity contribution in [1.82, 2.24) is 0 Å². The van der Waals surface area contributed by atoms with Crippen LogP contribution in [0.4, 0.5) is 0 Å². The molecule has 0 atom stereocenters. The average Bonchev–Trinajstić information content (AvgIpc) is 2.48. The Morgan fingerprint density at radius 1 is 1.14 bits per heavy atom. The van der Waals surface area contributed by atoms with Crippen molar-refractivity contribution in [3.8, 4) is 11.5 Å². The van der Waals surface area contributed by atoms with E-state index in [1.165, 1.54) is 13.3 Å². The third kappa shape index (κ3) is 3.80. The van der Waals surface area contributed by atoms with E-state index in [1.54, 1.807) is 36.4 Å². The molecule has 0 saturated heterocycles. The van der Waals surface area contributed by atoms with Gasteiger partial charge >= 0.3 is 0 Å². The average molecular weight is 326 g/mol. The Kier molecular flexibility index (Phi) is 5.31. The number of hydrogen-bond donors (Lipinski definition) is 1. The maximum absolute atomic E-state index is 8.53. The van der Waals surface area contributed by atoms with Gasteiger partial charge in [0.1, 0.15) is 6.61 Å². The number of benzene rings is 2. The topological polar surface area (TPSA) is 51.0 Å². The van der Waals surface area contributed by atoms with E-state index in [4.69, 9.17) is 37.9 Å². The summed E-state index contributed by atoms with van der Waals surface area (Å²) >= 11 is 12.2. The lowest BCUT2D eigenvalue weighted by molar-refractivity contribution is 0.284. The second kappa shape index (κ2) is 7.20. The molecule has 0 aliphatic carbocycles. The van der Waals surface area contributed by atoms with Crippen molar-refractivity contribution in [3.05, 3.63) is 57.6 Å². The van der Waals surface area contributed by atoms with E-state index in [-0.39, 0.29) is 6.61 Å². The van der Waals surface area contributed by atoms with Gasteiger partial charge < -0.3 is 14.7 Å². The number of methoxy groups -OCH3 is 1. The van der Waals surface area contributed by atoms with Crippen LogP contribution in [0.3, 0.4) is 0 Å². The minimum atomic E-state index is 0.225. The van der Waals surface area contributed by atoms with Crippen molar-refractivity contribution in [2.24, 2.45) is 5.16 Å². The van der Waals surface area contributed by atoms with Crippen molar-refractivity contribution in [3.63, 3.8) is 0 Å². The van der Waals surface area contributed by atoms with Crippen LogP contribution in [0.2, 0.25) is 10.0 Å². The maximum Gasteiger partial charge on any atom is 0.161 e. The second-order valence-electron chi connectivity index (χ2n) is 4.14. The fourth-order valence-corrected chi connectivity index (χ4v) is 2.28. The summed E-state index contributed by atoms with van der Waals surface area (Å²) in [5.41, 5.74) is 1.40. The molecule has 0 amide bonds. The summed E-state index contributed by atoms with van der Waals surface area (Å²) in [7, 11) is 1.53. The van der Waals surface area contributed by atoms with Crippen molar-refractivity contribution < 1.29 is 14.7 Å². The lowest BCUT2D eigenvalue weighted by Gasteiger charge is -2.12. The molecule has 0 bridgehead atoms. The van der Waals surface area contributed by atoms with Gasteiger partial charge in [0.2, 0.25) is 0 Å². The number of nitrogens with zero attached hydrogens (tertiary/aromatic N) is 1. The molecule has 0 aliphatic rings. The van der Waals surface area contributed by atoms with Crippen LogP contribution in [0.25, 0.3) is 0 Å². The zero-order valence-corrected chi connectivity index (χ0v) is 12.7. The highest BCUT2D eigenvalue weighted by atomic mass is 35.5. The molecule has 0 saturated carbocycles. The second-order valence-corrected chi connectivity index (χ2v) is 4.96. The number of hydrogen-bond acceptors (Lipinski definition) is 4. The molecule has 1 N–H and O–H groups in total. The molecule has 2 aromatic carbocycles. The summed E-state index contributed by atoms with van der Waals surface area (Å²) < 4.78 is 11.0. The van der Waals surface area contributed by atoms with Crippen molar-refractivity contribution in [2.45, 2.75) is 6.61 Å². The van der Waals surface area contributed by atoms with Gasteiger partial charge in [-0.1, -0.05) is 34.4 Å².